The molecular weight excluding hydrogens is 192 g/mol. The van der Waals surface area contributed by atoms with Gasteiger partial charge in [-0.05, 0) is 19.9 Å². The van der Waals surface area contributed by atoms with Crippen molar-refractivity contribution in [2.24, 2.45) is 0 Å². The minimum Gasteiger partial charge on any atom is -0.459 e. The maximum Gasteiger partial charge on any atom is 0.289 e. The fourth-order valence-corrected chi connectivity index (χ4v) is 1.85. The van der Waals surface area contributed by atoms with Gasteiger partial charge in [-0.15, -0.1) is 0 Å². The first-order chi connectivity index (χ1) is 7.18. The maximum absolute atomic E-state index is 12.0. The summed E-state index contributed by atoms with van der Waals surface area (Å²) in [6.07, 6.45) is 1.56. The third-order valence-corrected chi connectivity index (χ3v) is 2.71. The van der Waals surface area contributed by atoms with Crippen molar-refractivity contribution in [3.05, 3.63) is 23.7 Å². The van der Waals surface area contributed by atoms with Crippen LogP contribution in [0.25, 0.3) is 0 Å². The van der Waals surface area contributed by atoms with E-state index in [9.17, 15) is 4.79 Å². The Morgan fingerprint density at radius 3 is 3.07 bits per heavy atom. The van der Waals surface area contributed by atoms with Crippen LogP contribution in [0.1, 0.15) is 23.0 Å². The number of amides is 1. The third kappa shape index (κ3) is 2.04. The van der Waals surface area contributed by atoms with Gasteiger partial charge in [0.2, 0.25) is 0 Å². The zero-order valence-corrected chi connectivity index (χ0v) is 9.12. The van der Waals surface area contributed by atoms with Crippen molar-refractivity contribution in [3.63, 3.8) is 0 Å². The van der Waals surface area contributed by atoms with Crippen LogP contribution in [0.15, 0.2) is 16.7 Å². The van der Waals surface area contributed by atoms with Gasteiger partial charge in [0.25, 0.3) is 5.91 Å². The number of nitrogens with one attached hydrogen (secondary N) is 1. The summed E-state index contributed by atoms with van der Waals surface area (Å²) in [5.41, 5.74) is 0.909. The van der Waals surface area contributed by atoms with Crippen LogP contribution in [0.5, 0.6) is 0 Å². The van der Waals surface area contributed by atoms with Crippen molar-refractivity contribution >= 4 is 5.91 Å². The molecule has 0 radical (unpaired) electrons. The Morgan fingerprint density at radius 2 is 2.47 bits per heavy atom. The molecule has 1 aliphatic rings. The molecule has 82 valence electrons. The molecule has 1 fully saturated rings. The van der Waals surface area contributed by atoms with E-state index in [2.05, 4.69) is 12.2 Å². The van der Waals surface area contributed by atoms with Gasteiger partial charge in [-0.2, -0.15) is 0 Å². The van der Waals surface area contributed by atoms with Gasteiger partial charge in [0.15, 0.2) is 5.76 Å². The lowest BCUT2D eigenvalue weighted by Crippen LogP contribution is -2.51. The molecule has 1 N–H and O–H groups in total. The minimum absolute atomic E-state index is 0.00542. The lowest BCUT2D eigenvalue weighted by molar-refractivity contribution is 0.0676. The fourth-order valence-electron chi connectivity index (χ4n) is 1.85. The maximum atomic E-state index is 12.0. The molecule has 0 unspecified atom stereocenters. The van der Waals surface area contributed by atoms with Gasteiger partial charge >= 0.3 is 0 Å². The average Bonchev–Trinajstić information content (AvgIpc) is 2.63. The molecule has 0 saturated carbocycles. The van der Waals surface area contributed by atoms with E-state index < -0.39 is 0 Å². The van der Waals surface area contributed by atoms with E-state index in [1.165, 1.54) is 0 Å². The van der Waals surface area contributed by atoms with E-state index in [0.717, 1.165) is 25.2 Å². The summed E-state index contributed by atoms with van der Waals surface area (Å²) in [6, 6.07) is 2.18. The second kappa shape index (κ2) is 4.06. The van der Waals surface area contributed by atoms with Crippen molar-refractivity contribution in [2.75, 3.05) is 19.6 Å². The van der Waals surface area contributed by atoms with Crippen LogP contribution in [0, 0.1) is 6.92 Å². The van der Waals surface area contributed by atoms with E-state index in [4.69, 9.17) is 4.42 Å². The van der Waals surface area contributed by atoms with E-state index in [1.807, 2.05) is 17.9 Å². The molecule has 1 atom stereocenters. The predicted octanol–water partition coefficient (Wildman–Crippen LogP) is 1.02. The van der Waals surface area contributed by atoms with Gasteiger partial charge in [0.05, 0.1) is 6.26 Å². The summed E-state index contributed by atoms with van der Waals surface area (Å²) in [7, 11) is 0. The molecule has 1 aromatic heterocycles. The number of furan rings is 1. The van der Waals surface area contributed by atoms with Crippen LogP contribution < -0.4 is 5.32 Å². The molecule has 1 aromatic rings. The van der Waals surface area contributed by atoms with Gasteiger partial charge in [-0.1, -0.05) is 0 Å². The summed E-state index contributed by atoms with van der Waals surface area (Å²) < 4.78 is 5.20. The summed E-state index contributed by atoms with van der Waals surface area (Å²) in [4.78, 5) is 13.9. The van der Waals surface area contributed by atoms with Crippen molar-refractivity contribution in [3.8, 4) is 0 Å². The number of hydrogen-bond donors (Lipinski definition) is 1. The lowest BCUT2D eigenvalue weighted by atomic mass is 10.2. The highest BCUT2D eigenvalue weighted by atomic mass is 16.3. The Morgan fingerprint density at radius 1 is 1.67 bits per heavy atom. The SMILES string of the molecule is Cc1ccoc1C(=O)N1CCN[C@H](C)C1. The smallest absolute Gasteiger partial charge is 0.289 e. The Labute approximate surface area is 89.2 Å². The second-order valence-electron chi connectivity index (χ2n) is 4.04. The normalized spacial score (nSPS) is 21.7. The average molecular weight is 208 g/mol. The van der Waals surface area contributed by atoms with Gasteiger partial charge in [-0.3, -0.25) is 4.79 Å². The van der Waals surface area contributed by atoms with Crippen LogP contribution in [0.4, 0.5) is 0 Å². The minimum atomic E-state index is 0.00542. The van der Waals surface area contributed by atoms with Crippen LogP contribution in [0.2, 0.25) is 0 Å². The monoisotopic (exact) mass is 208 g/mol. The molecule has 2 heterocycles. The highest BCUT2D eigenvalue weighted by Crippen LogP contribution is 2.13. The zero-order chi connectivity index (χ0) is 10.8. The lowest BCUT2D eigenvalue weighted by Gasteiger charge is -2.31. The third-order valence-electron chi connectivity index (χ3n) is 2.71. The van der Waals surface area contributed by atoms with Crippen molar-refractivity contribution in [2.45, 2.75) is 19.9 Å². The van der Waals surface area contributed by atoms with Crippen LogP contribution in [-0.4, -0.2) is 36.5 Å². The number of rotatable bonds is 1. The van der Waals surface area contributed by atoms with Crippen molar-refractivity contribution < 1.29 is 9.21 Å². The first-order valence-electron chi connectivity index (χ1n) is 5.25. The number of nitrogens with zero attached hydrogens (tertiary/aromatic N) is 1. The standard InChI is InChI=1S/C11H16N2O2/c1-8-3-6-15-10(8)11(14)13-5-4-12-9(2)7-13/h3,6,9,12H,4-5,7H2,1-2H3/t9-/m1/s1. The Kier molecular flexibility index (Phi) is 2.77. The molecule has 0 bridgehead atoms. The second-order valence-corrected chi connectivity index (χ2v) is 4.04. The molecule has 0 aliphatic carbocycles. The number of carbonyl (C=O) groups is 1. The van der Waals surface area contributed by atoms with Crippen molar-refractivity contribution in [1.29, 1.82) is 0 Å². The zero-order valence-electron chi connectivity index (χ0n) is 9.12. The molecule has 4 heteroatoms. The number of piperazine rings is 1. The number of carbonyl (C=O) groups excluding carboxylic acids is 1. The first-order valence-corrected chi connectivity index (χ1v) is 5.25. The summed E-state index contributed by atoms with van der Waals surface area (Å²) >= 11 is 0. The summed E-state index contributed by atoms with van der Waals surface area (Å²) in [6.45, 7) is 6.33. The molecular formula is C11H16N2O2. The fraction of sp³-hybridized carbons (Fsp3) is 0.545. The van der Waals surface area contributed by atoms with E-state index in [-0.39, 0.29) is 5.91 Å². The van der Waals surface area contributed by atoms with E-state index in [0.29, 0.717) is 11.8 Å². The molecule has 1 amide bonds. The Bertz CT molecular complexity index is 359. The molecule has 0 aromatic carbocycles. The summed E-state index contributed by atoms with van der Waals surface area (Å²) in [5, 5.41) is 3.30. The molecule has 2 rings (SSSR count). The van der Waals surface area contributed by atoms with Gasteiger partial charge < -0.3 is 14.6 Å². The van der Waals surface area contributed by atoms with Crippen molar-refractivity contribution in [1.82, 2.24) is 10.2 Å². The topological polar surface area (TPSA) is 45.5 Å². The van der Waals surface area contributed by atoms with E-state index in [1.54, 1.807) is 6.26 Å². The number of hydrogen-bond acceptors (Lipinski definition) is 3. The molecule has 15 heavy (non-hydrogen) atoms. The van der Waals surface area contributed by atoms with Crippen LogP contribution >= 0.6 is 0 Å². The molecule has 0 spiro atoms. The van der Waals surface area contributed by atoms with Gasteiger partial charge in [0, 0.05) is 31.2 Å². The van der Waals surface area contributed by atoms with Crippen LogP contribution in [-0.2, 0) is 0 Å². The Hall–Kier alpha value is -1.29. The first kappa shape index (κ1) is 10.2. The highest BCUT2D eigenvalue weighted by Gasteiger charge is 2.24. The number of aryl methyl sites for hydroxylation is 1. The van der Waals surface area contributed by atoms with Gasteiger partial charge in [0.1, 0.15) is 0 Å². The molecule has 1 aliphatic heterocycles. The quantitative estimate of drug-likeness (QED) is 0.749. The molecule has 1 saturated heterocycles. The Balaban J connectivity index is 2.11. The van der Waals surface area contributed by atoms with Gasteiger partial charge in [-0.25, -0.2) is 0 Å². The predicted molar refractivity (Wildman–Crippen MR) is 56.8 cm³/mol. The largest absolute Gasteiger partial charge is 0.459 e. The summed E-state index contributed by atoms with van der Waals surface area (Å²) in [5.74, 6) is 0.481. The van der Waals surface area contributed by atoms with Crippen LogP contribution in [0.3, 0.4) is 0 Å². The van der Waals surface area contributed by atoms with E-state index >= 15 is 0 Å². The molecule has 4 nitrogen and oxygen atoms in total. The highest BCUT2D eigenvalue weighted by molar-refractivity contribution is 5.92.